The van der Waals surface area contributed by atoms with Crippen LogP contribution in [0.4, 0.5) is 17.6 Å². The van der Waals surface area contributed by atoms with Crippen molar-refractivity contribution in [3.63, 3.8) is 0 Å². The first-order chi connectivity index (χ1) is 14.0. The molecule has 2 atom stereocenters. The highest BCUT2D eigenvalue weighted by molar-refractivity contribution is 7.11. The lowest BCUT2D eigenvalue weighted by atomic mass is 9.99. The highest BCUT2D eigenvalue weighted by Crippen LogP contribution is 2.35. The molecule has 1 unspecified atom stereocenters. The maximum Gasteiger partial charge on any atom is 0.418 e. The van der Waals surface area contributed by atoms with Gasteiger partial charge in [0.25, 0.3) is 5.91 Å². The maximum atomic E-state index is 13.2. The molecule has 0 aliphatic heterocycles. The van der Waals surface area contributed by atoms with E-state index in [1.54, 1.807) is 13.1 Å². The van der Waals surface area contributed by atoms with Crippen LogP contribution >= 0.6 is 11.3 Å². The molecule has 1 amide bonds. The van der Waals surface area contributed by atoms with Crippen molar-refractivity contribution in [1.29, 1.82) is 0 Å². The lowest BCUT2D eigenvalue weighted by Crippen LogP contribution is -2.27. The summed E-state index contributed by atoms with van der Waals surface area (Å²) in [6.07, 6.45) is -5.18. The molecule has 2 heterocycles. The number of aliphatic hydroxyl groups is 1. The molecule has 0 saturated carbocycles. The first-order valence-corrected chi connectivity index (χ1v) is 9.61. The Bertz CT molecular complexity index is 1050. The Morgan fingerprint density at radius 3 is 2.47 bits per heavy atom. The number of aliphatic hydroxyl groups excluding tert-OH is 1. The quantitative estimate of drug-likeness (QED) is 0.563. The van der Waals surface area contributed by atoms with Crippen molar-refractivity contribution in [1.82, 2.24) is 15.3 Å². The first-order valence-electron chi connectivity index (χ1n) is 8.79. The van der Waals surface area contributed by atoms with Gasteiger partial charge in [0.2, 0.25) is 0 Å². The number of rotatable bonds is 5. The van der Waals surface area contributed by atoms with Gasteiger partial charge in [0, 0.05) is 22.2 Å². The number of hydrogen-bond acceptors (Lipinski definition) is 5. The number of pyridine rings is 1. The van der Waals surface area contributed by atoms with E-state index in [1.165, 1.54) is 23.5 Å². The van der Waals surface area contributed by atoms with Crippen LogP contribution in [0.25, 0.3) is 11.3 Å². The lowest BCUT2D eigenvalue weighted by Gasteiger charge is -2.18. The molecule has 0 saturated heterocycles. The van der Waals surface area contributed by atoms with Gasteiger partial charge in [0.05, 0.1) is 22.9 Å². The van der Waals surface area contributed by atoms with E-state index in [0.717, 1.165) is 34.3 Å². The van der Waals surface area contributed by atoms with Crippen molar-refractivity contribution in [2.24, 2.45) is 0 Å². The zero-order valence-electron chi connectivity index (χ0n) is 15.9. The van der Waals surface area contributed by atoms with E-state index in [2.05, 4.69) is 15.3 Å². The molecule has 30 heavy (non-hydrogen) atoms. The molecule has 3 rings (SSSR count). The number of amides is 1. The molecule has 0 aliphatic rings. The molecule has 1 aromatic carbocycles. The molecule has 0 bridgehead atoms. The number of benzene rings is 1. The average Bonchev–Trinajstić information content (AvgIpc) is 3.13. The number of hydrogen-bond donors (Lipinski definition) is 2. The van der Waals surface area contributed by atoms with E-state index in [9.17, 15) is 27.5 Å². The van der Waals surface area contributed by atoms with Crippen LogP contribution < -0.4 is 5.32 Å². The number of thiazole rings is 1. The van der Waals surface area contributed by atoms with Crippen LogP contribution in [-0.4, -0.2) is 27.2 Å². The minimum atomic E-state index is -4.92. The van der Waals surface area contributed by atoms with Gasteiger partial charge in [-0.2, -0.15) is 13.2 Å². The third-order valence-corrected chi connectivity index (χ3v) is 5.38. The summed E-state index contributed by atoms with van der Waals surface area (Å²) in [6, 6.07) is 5.35. The number of halogens is 4. The summed E-state index contributed by atoms with van der Waals surface area (Å²) >= 11 is 1.39. The molecule has 5 nitrogen and oxygen atoms in total. The highest BCUT2D eigenvalue weighted by Gasteiger charge is 2.39. The van der Waals surface area contributed by atoms with Crippen molar-refractivity contribution >= 4 is 17.2 Å². The van der Waals surface area contributed by atoms with Gasteiger partial charge in [-0.25, -0.2) is 9.37 Å². The summed E-state index contributed by atoms with van der Waals surface area (Å²) in [7, 11) is 0. The van der Waals surface area contributed by atoms with E-state index >= 15 is 0 Å². The minimum absolute atomic E-state index is 0.0926. The first kappa shape index (κ1) is 21.8. The predicted molar refractivity (Wildman–Crippen MR) is 103 cm³/mol. The molecule has 0 fully saturated rings. The number of alkyl halides is 3. The lowest BCUT2D eigenvalue weighted by molar-refractivity contribution is -0.206. The van der Waals surface area contributed by atoms with Gasteiger partial charge >= 0.3 is 6.18 Å². The molecule has 0 aliphatic carbocycles. The van der Waals surface area contributed by atoms with Crippen molar-refractivity contribution in [3.05, 3.63) is 69.6 Å². The minimum Gasteiger partial charge on any atom is -0.379 e. The Morgan fingerprint density at radius 2 is 1.90 bits per heavy atom. The van der Waals surface area contributed by atoms with Gasteiger partial charge in [-0.3, -0.25) is 9.78 Å². The number of carbonyl (C=O) groups excluding carboxylic acids is 1. The standard InChI is InChI=1S/C20H17F4N3O2S/c1-10(17-9-25-11(2)30-17)27-19(29)14-6-12(16-4-3-15(21)8-26-16)5-13(7-14)18(28)20(22,23)24/h3-10,18,28H,1-2H3,(H,27,29)/t10-,18?/m1/s1. The van der Waals surface area contributed by atoms with E-state index in [4.69, 9.17) is 0 Å². The van der Waals surface area contributed by atoms with Gasteiger partial charge < -0.3 is 10.4 Å². The third-order valence-electron chi connectivity index (χ3n) is 4.28. The zero-order valence-corrected chi connectivity index (χ0v) is 16.7. The summed E-state index contributed by atoms with van der Waals surface area (Å²) in [5, 5.41) is 13.2. The SMILES string of the molecule is Cc1ncc([C@@H](C)NC(=O)c2cc(-c3ccc(F)cn3)cc(C(O)C(F)(F)F)c2)s1. The molecule has 2 aromatic heterocycles. The summed E-state index contributed by atoms with van der Waals surface area (Å²) in [6.45, 7) is 3.54. The monoisotopic (exact) mass is 439 g/mol. The highest BCUT2D eigenvalue weighted by atomic mass is 32.1. The fourth-order valence-electron chi connectivity index (χ4n) is 2.75. The topological polar surface area (TPSA) is 75.1 Å². The zero-order chi connectivity index (χ0) is 22.1. The molecule has 10 heteroatoms. The number of carbonyl (C=O) groups is 1. The predicted octanol–water partition coefficient (Wildman–Crippen LogP) is 4.74. The van der Waals surface area contributed by atoms with Gasteiger partial charge in [-0.05, 0) is 49.7 Å². The molecule has 0 radical (unpaired) electrons. The van der Waals surface area contributed by atoms with Gasteiger partial charge in [0.15, 0.2) is 6.10 Å². The Kier molecular flexibility index (Phi) is 6.18. The van der Waals surface area contributed by atoms with Crippen LogP contribution in [0.1, 0.15) is 44.9 Å². The van der Waals surface area contributed by atoms with Crippen LogP contribution in [0.3, 0.4) is 0 Å². The van der Waals surface area contributed by atoms with Crippen molar-refractivity contribution in [3.8, 4) is 11.3 Å². The maximum absolute atomic E-state index is 13.2. The number of aromatic nitrogens is 2. The summed E-state index contributed by atoms with van der Waals surface area (Å²) in [4.78, 5) is 21.5. The van der Waals surface area contributed by atoms with Gasteiger partial charge in [-0.1, -0.05) is 0 Å². The average molecular weight is 439 g/mol. The van der Waals surface area contributed by atoms with Crippen LogP contribution in [0.2, 0.25) is 0 Å². The Labute approximate surface area is 173 Å². The van der Waals surface area contributed by atoms with Gasteiger partial charge in [-0.15, -0.1) is 11.3 Å². The molecule has 0 spiro atoms. The summed E-state index contributed by atoms with van der Waals surface area (Å²) in [5.74, 6) is -1.25. The van der Waals surface area contributed by atoms with E-state index in [-0.39, 0.29) is 16.8 Å². The molecule has 158 valence electrons. The molecule has 3 aromatic rings. The largest absolute Gasteiger partial charge is 0.418 e. The number of nitrogens with one attached hydrogen (secondary N) is 1. The Balaban J connectivity index is 1.98. The third kappa shape index (κ3) is 5.00. The Hall–Kier alpha value is -2.85. The van der Waals surface area contributed by atoms with Crippen LogP contribution in [-0.2, 0) is 0 Å². The van der Waals surface area contributed by atoms with E-state index in [1.807, 2.05) is 6.92 Å². The second-order valence-electron chi connectivity index (χ2n) is 6.63. The second kappa shape index (κ2) is 8.49. The fourth-order valence-corrected chi connectivity index (χ4v) is 3.54. The Morgan fingerprint density at radius 1 is 1.17 bits per heavy atom. The van der Waals surface area contributed by atoms with Crippen molar-refractivity contribution in [2.45, 2.75) is 32.2 Å². The van der Waals surface area contributed by atoms with E-state index < -0.39 is 35.6 Å². The van der Waals surface area contributed by atoms with Crippen molar-refractivity contribution in [2.75, 3.05) is 0 Å². The van der Waals surface area contributed by atoms with Crippen LogP contribution in [0.5, 0.6) is 0 Å². The smallest absolute Gasteiger partial charge is 0.379 e. The number of nitrogens with zero attached hydrogens (tertiary/aromatic N) is 2. The van der Waals surface area contributed by atoms with E-state index in [0.29, 0.717) is 0 Å². The van der Waals surface area contributed by atoms with Crippen LogP contribution in [0, 0.1) is 12.7 Å². The second-order valence-corrected chi connectivity index (χ2v) is 7.89. The van der Waals surface area contributed by atoms with Gasteiger partial charge in [0.1, 0.15) is 5.82 Å². The van der Waals surface area contributed by atoms with Crippen molar-refractivity contribution < 1.29 is 27.5 Å². The molecular weight excluding hydrogens is 422 g/mol. The summed E-state index contributed by atoms with van der Waals surface area (Å²) in [5.41, 5.74) is -0.308. The normalized spacial score (nSPS) is 13.7. The van der Waals surface area contributed by atoms with Crippen LogP contribution in [0.15, 0.2) is 42.7 Å². The molecule has 2 N–H and O–H groups in total. The summed E-state index contributed by atoms with van der Waals surface area (Å²) < 4.78 is 52.4. The molecular formula is C20H17F4N3O2S. The number of aryl methyl sites for hydroxylation is 1. The fraction of sp³-hybridized carbons (Fsp3) is 0.250.